The summed E-state index contributed by atoms with van der Waals surface area (Å²) in [6.45, 7) is 1.93. The van der Waals surface area contributed by atoms with Gasteiger partial charge in [-0.15, -0.1) is 11.3 Å². The lowest BCUT2D eigenvalue weighted by atomic mass is 10.3. The molecule has 0 unspecified atom stereocenters. The van der Waals surface area contributed by atoms with E-state index < -0.39 is 11.9 Å². The molecule has 2 N–H and O–H groups in total. The van der Waals surface area contributed by atoms with Crippen molar-refractivity contribution in [2.24, 2.45) is 7.05 Å². The highest BCUT2D eigenvalue weighted by molar-refractivity contribution is 7.17. The van der Waals surface area contributed by atoms with E-state index in [0.29, 0.717) is 9.75 Å². The molecule has 0 aliphatic heterocycles. The molecule has 0 spiro atoms. The minimum atomic E-state index is -4.44. The third-order valence-electron chi connectivity index (χ3n) is 2.48. The molecule has 0 fully saturated rings. The van der Waals surface area contributed by atoms with Crippen molar-refractivity contribution in [2.45, 2.75) is 13.1 Å². The van der Waals surface area contributed by atoms with Crippen molar-refractivity contribution in [1.82, 2.24) is 15.1 Å². The predicted octanol–water partition coefficient (Wildman–Crippen LogP) is 2.53. The zero-order valence-electron chi connectivity index (χ0n) is 12.2. The molecule has 22 heavy (non-hydrogen) atoms. The SMILES string of the molecule is CCO.CNC(=O)c1ccc(-c2cc(C(F)(F)F)n(C)n2)s1. The maximum absolute atomic E-state index is 12.6. The van der Waals surface area contributed by atoms with Gasteiger partial charge in [-0.3, -0.25) is 9.48 Å². The number of alkyl halides is 3. The zero-order valence-corrected chi connectivity index (χ0v) is 13.0. The van der Waals surface area contributed by atoms with Gasteiger partial charge in [0, 0.05) is 20.7 Å². The van der Waals surface area contributed by atoms with Crippen LogP contribution >= 0.6 is 11.3 Å². The van der Waals surface area contributed by atoms with Crippen LogP contribution in [0.5, 0.6) is 0 Å². The normalized spacial score (nSPS) is 10.9. The lowest BCUT2D eigenvalue weighted by molar-refractivity contribution is -0.143. The van der Waals surface area contributed by atoms with E-state index in [4.69, 9.17) is 5.11 Å². The van der Waals surface area contributed by atoms with E-state index in [9.17, 15) is 18.0 Å². The minimum Gasteiger partial charge on any atom is -0.397 e. The molecule has 0 aliphatic carbocycles. The van der Waals surface area contributed by atoms with Crippen molar-refractivity contribution in [2.75, 3.05) is 13.7 Å². The molecule has 0 atom stereocenters. The summed E-state index contributed by atoms with van der Waals surface area (Å²) in [7, 11) is 2.73. The highest BCUT2D eigenvalue weighted by Crippen LogP contribution is 2.34. The summed E-state index contributed by atoms with van der Waals surface area (Å²) in [5.74, 6) is -0.275. The molecule has 0 saturated carbocycles. The van der Waals surface area contributed by atoms with E-state index in [0.717, 1.165) is 22.1 Å². The van der Waals surface area contributed by atoms with Gasteiger partial charge in [-0.2, -0.15) is 18.3 Å². The van der Waals surface area contributed by atoms with E-state index in [2.05, 4.69) is 10.4 Å². The molecule has 2 aromatic heterocycles. The summed E-state index contributed by atoms with van der Waals surface area (Å²) in [5, 5.41) is 13.8. The van der Waals surface area contributed by atoms with Crippen LogP contribution in [0.15, 0.2) is 18.2 Å². The fourth-order valence-electron chi connectivity index (χ4n) is 1.57. The molecule has 0 bridgehead atoms. The Balaban J connectivity index is 0.000000745. The van der Waals surface area contributed by atoms with Gasteiger partial charge in [-0.1, -0.05) is 0 Å². The first kappa shape index (κ1) is 18.2. The third-order valence-corrected chi connectivity index (χ3v) is 3.59. The number of aryl methyl sites for hydroxylation is 1. The molecule has 0 aliphatic rings. The third kappa shape index (κ3) is 4.31. The summed E-state index contributed by atoms with van der Waals surface area (Å²) < 4.78 is 38.7. The van der Waals surface area contributed by atoms with E-state index in [1.54, 1.807) is 19.1 Å². The van der Waals surface area contributed by atoms with Gasteiger partial charge in [-0.05, 0) is 25.1 Å². The number of rotatable bonds is 2. The molecule has 2 rings (SSSR count). The van der Waals surface area contributed by atoms with E-state index in [1.807, 2.05) is 0 Å². The average Bonchev–Trinajstić information content (AvgIpc) is 3.04. The smallest absolute Gasteiger partial charge is 0.397 e. The lowest BCUT2D eigenvalue weighted by Gasteiger charge is -2.04. The number of hydrogen-bond acceptors (Lipinski definition) is 4. The Hall–Kier alpha value is -1.87. The van der Waals surface area contributed by atoms with Crippen molar-refractivity contribution in [1.29, 1.82) is 0 Å². The Morgan fingerprint density at radius 3 is 2.50 bits per heavy atom. The van der Waals surface area contributed by atoms with Gasteiger partial charge < -0.3 is 10.4 Å². The Morgan fingerprint density at radius 2 is 2.05 bits per heavy atom. The standard InChI is InChI=1S/C11H10F3N3OS.C2H6O/c1-15-10(18)8-4-3-7(19-8)6-5-9(11(12,13)14)17(2)16-6;1-2-3/h3-5H,1-2H3,(H,15,18);3H,2H2,1H3. The predicted molar refractivity (Wildman–Crippen MR) is 77.7 cm³/mol. The number of nitrogens with one attached hydrogen (secondary N) is 1. The summed E-state index contributed by atoms with van der Waals surface area (Å²) in [4.78, 5) is 12.3. The quantitative estimate of drug-likeness (QED) is 0.886. The Morgan fingerprint density at radius 1 is 1.45 bits per heavy atom. The van der Waals surface area contributed by atoms with Gasteiger partial charge in [0.25, 0.3) is 5.91 Å². The van der Waals surface area contributed by atoms with Crippen LogP contribution in [0, 0.1) is 0 Å². The molecule has 9 heteroatoms. The Kier molecular flexibility index (Phi) is 6.12. The van der Waals surface area contributed by atoms with Crippen LogP contribution in [0.2, 0.25) is 0 Å². The van der Waals surface area contributed by atoms with Crippen molar-refractivity contribution in [3.05, 3.63) is 28.8 Å². The Bertz CT molecular complexity index is 635. The second-order valence-corrected chi connectivity index (χ2v) is 5.18. The van der Waals surface area contributed by atoms with E-state index in [-0.39, 0.29) is 18.2 Å². The number of halogens is 3. The van der Waals surface area contributed by atoms with Crippen LogP contribution in [-0.2, 0) is 13.2 Å². The molecule has 2 heterocycles. The van der Waals surface area contributed by atoms with Gasteiger partial charge in [0.2, 0.25) is 0 Å². The second kappa shape index (κ2) is 7.41. The van der Waals surface area contributed by atoms with Crippen LogP contribution in [0.4, 0.5) is 13.2 Å². The molecular formula is C13H16F3N3O2S. The molecule has 2 aromatic rings. The van der Waals surface area contributed by atoms with E-state index >= 15 is 0 Å². The topological polar surface area (TPSA) is 67.2 Å². The number of hydrogen-bond donors (Lipinski definition) is 2. The van der Waals surface area contributed by atoms with Gasteiger partial charge in [0.15, 0.2) is 0 Å². The molecule has 0 radical (unpaired) electrons. The van der Waals surface area contributed by atoms with Gasteiger partial charge in [0.05, 0.1) is 9.75 Å². The number of aromatic nitrogens is 2. The molecule has 0 saturated heterocycles. The maximum atomic E-state index is 12.6. The molecule has 122 valence electrons. The van der Waals surface area contributed by atoms with Crippen molar-refractivity contribution in [3.8, 4) is 10.6 Å². The molecular weight excluding hydrogens is 319 g/mol. The summed E-state index contributed by atoms with van der Waals surface area (Å²) in [6, 6.07) is 4.11. The molecule has 0 aromatic carbocycles. The highest BCUT2D eigenvalue weighted by Gasteiger charge is 2.35. The first-order valence-electron chi connectivity index (χ1n) is 6.29. The summed E-state index contributed by atoms with van der Waals surface area (Å²) in [5.41, 5.74) is -0.618. The average molecular weight is 335 g/mol. The van der Waals surface area contributed by atoms with Crippen LogP contribution in [0.25, 0.3) is 10.6 Å². The lowest BCUT2D eigenvalue weighted by Crippen LogP contribution is -2.15. The van der Waals surface area contributed by atoms with Crippen molar-refractivity contribution >= 4 is 17.2 Å². The summed E-state index contributed by atoms with van der Waals surface area (Å²) >= 11 is 1.10. The number of thiophene rings is 1. The largest absolute Gasteiger partial charge is 0.433 e. The van der Waals surface area contributed by atoms with E-state index in [1.165, 1.54) is 14.1 Å². The monoisotopic (exact) mass is 335 g/mol. The zero-order chi connectivity index (χ0) is 16.9. The summed E-state index contributed by atoms with van der Waals surface area (Å²) in [6.07, 6.45) is -4.44. The number of aliphatic hydroxyl groups is 1. The van der Waals surface area contributed by atoms with Crippen LogP contribution in [-0.4, -0.2) is 34.4 Å². The van der Waals surface area contributed by atoms with Crippen molar-refractivity contribution < 1.29 is 23.1 Å². The van der Waals surface area contributed by atoms with Crippen LogP contribution in [0.1, 0.15) is 22.3 Å². The fraction of sp³-hybridized carbons (Fsp3) is 0.385. The molecule has 5 nitrogen and oxygen atoms in total. The first-order chi connectivity index (χ1) is 10.2. The highest BCUT2D eigenvalue weighted by atomic mass is 32.1. The fourth-order valence-corrected chi connectivity index (χ4v) is 2.48. The number of carbonyl (C=O) groups excluding carboxylic acids is 1. The maximum Gasteiger partial charge on any atom is 0.433 e. The first-order valence-corrected chi connectivity index (χ1v) is 7.10. The number of carbonyl (C=O) groups is 1. The number of aliphatic hydroxyl groups excluding tert-OH is 1. The Labute approximate surface area is 129 Å². The van der Waals surface area contributed by atoms with Gasteiger partial charge in [-0.25, -0.2) is 0 Å². The second-order valence-electron chi connectivity index (χ2n) is 4.10. The number of nitrogens with zero attached hydrogens (tertiary/aromatic N) is 2. The number of amides is 1. The van der Waals surface area contributed by atoms with Crippen LogP contribution < -0.4 is 5.32 Å². The molecule has 1 amide bonds. The van der Waals surface area contributed by atoms with Crippen LogP contribution in [0.3, 0.4) is 0 Å². The van der Waals surface area contributed by atoms with Gasteiger partial charge >= 0.3 is 6.18 Å². The van der Waals surface area contributed by atoms with Gasteiger partial charge in [0.1, 0.15) is 11.4 Å². The minimum absolute atomic E-state index is 0.204. The van der Waals surface area contributed by atoms with Crippen molar-refractivity contribution in [3.63, 3.8) is 0 Å².